The lowest BCUT2D eigenvalue weighted by Crippen LogP contribution is -1.87. The Balaban J connectivity index is 2.04. The van der Waals surface area contributed by atoms with Crippen LogP contribution in [0.25, 0.3) is 11.3 Å². The van der Waals surface area contributed by atoms with Crippen LogP contribution in [-0.2, 0) is 4.74 Å². The maximum absolute atomic E-state index is 12.7. The molecule has 17 heavy (non-hydrogen) atoms. The first kappa shape index (κ1) is 12.1. The SMILES string of the molecule is CCOCSc1ncc(-c2ccc(F)cc2)o1. The highest BCUT2D eigenvalue weighted by Gasteiger charge is 2.06. The van der Waals surface area contributed by atoms with Crippen molar-refractivity contribution in [2.45, 2.75) is 12.1 Å². The number of benzene rings is 1. The Morgan fingerprint density at radius 2 is 2.12 bits per heavy atom. The van der Waals surface area contributed by atoms with E-state index in [-0.39, 0.29) is 5.82 Å². The van der Waals surface area contributed by atoms with E-state index in [0.29, 0.717) is 23.5 Å². The minimum Gasteiger partial charge on any atom is -0.431 e. The fraction of sp³-hybridized carbons (Fsp3) is 0.250. The smallest absolute Gasteiger partial charge is 0.258 e. The number of rotatable bonds is 5. The topological polar surface area (TPSA) is 35.3 Å². The summed E-state index contributed by atoms with van der Waals surface area (Å²) in [5.41, 5.74) is 0.808. The molecule has 2 rings (SSSR count). The lowest BCUT2D eigenvalue weighted by molar-refractivity contribution is 0.198. The highest BCUT2D eigenvalue weighted by atomic mass is 32.2. The highest BCUT2D eigenvalue weighted by Crippen LogP contribution is 2.25. The quantitative estimate of drug-likeness (QED) is 0.463. The van der Waals surface area contributed by atoms with Gasteiger partial charge in [0.25, 0.3) is 5.22 Å². The molecule has 0 fully saturated rings. The molecule has 0 bridgehead atoms. The zero-order valence-corrected chi connectivity index (χ0v) is 10.2. The summed E-state index contributed by atoms with van der Waals surface area (Å²) in [5.74, 6) is 0.878. The number of aromatic nitrogens is 1. The first-order chi connectivity index (χ1) is 8.29. The van der Waals surface area contributed by atoms with E-state index in [4.69, 9.17) is 9.15 Å². The molecule has 0 radical (unpaired) electrons. The molecule has 2 aromatic rings. The van der Waals surface area contributed by atoms with Gasteiger partial charge in [-0.3, -0.25) is 0 Å². The third-order valence-electron chi connectivity index (χ3n) is 2.08. The lowest BCUT2D eigenvalue weighted by atomic mass is 10.2. The van der Waals surface area contributed by atoms with Crippen molar-refractivity contribution in [2.24, 2.45) is 0 Å². The summed E-state index contributed by atoms with van der Waals surface area (Å²) < 4.78 is 23.4. The van der Waals surface area contributed by atoms with Crippen molar-refractivity contribution in [3.05, 3.63) is 36.3 Å². The molecule has 3 nitrogen and oxygen atoms in total. The molecular formula is C12H12FNO2S. The molecule has 90 valence electrons. The third kappa shape index (κ3) is 3.31. The normalized spacial score (nSPS) is 10.7. The van der Waals surface area contributed by atoms with Crippen molar-refractivity contribution >= 4 is 11.8 Å². The maximum Gasteiger partial charge on any atom is 0.258 e. The molecule has 0 N–H and O–H groups in total. The molecule has 1 heterocycles. The first-order valence-corrected chi connectivity index (χ1v) is 6.20. The molecule has 0 aliphatic heterocycles. The van der Waals surface area contributed by atoms with Crippen LogP contribution in [0.1, 0.15) is 6.92 Å². The van der Waals surface area contributed by atoms with Crippen LogP contribution in [0, 0.1) is 5.82 Å². The van der Waals surface area contributed by atoms with Gasteiger partial charge in [0, 0.05) is 12.2 Å². The second kappa shape index (κ2) is 5.84. The largest absolute Gasteiger partial charge is 0.431 e. The Morgan fingerprint density at radius 1 is 1.35 bits per heavy atom. The molecule has 1 aromatic carbocycles. The number of thioether (sulfide) groups is 1. The standard InChI is InChI=1S/C12H12FNO2S/c1-2-15-8-17-12-14-7-11(16-12)9-3-5-10(13)6-4-9/h3-7H,2,8H2,1H3. The van der Waals surface area contributed by atoms with Gasteiger partial charge in [-0.15, -0.1) is 0 Å². The van der Waals surface area contributed by atoms with E-state index in [1.54, 1.807) is 18.3 Å². The number of hydrogen-bond donors (Lipinski definition) is 0. The Kier molecular flexibility index (Phi) is 4.17. The van der Waals surface area contributed by atoms with Crippen molar-refractivity contribution < 1.29 is 13.5 Å². The van der Waals surface area contributed by atoms with E-state index in [1.165, 1.54) is 23.9 Å². The van der Waals surface area contributed by atoms with Gasteiger partial charge < -0.3 is 9.15 Å². The Labute approximate surface area is 103 Å². The Morgan fingerprint density at radius 3 is 2.82 bits per heavy atom. The fourth-order valence-corrected chi connectivity index (χ4v) is 1.87. The molecule has 0 unspecified atom stereocenters. The second-order valence-electron chi connectivity index (χ2n) is 3.25. The minimum atomic E-state index is -0.265. The zero-order valence-electron chi connectivity index (χ0n) is 9.35. The van der Waals surface area contributed by atoms with Gasteiger partial charge >= 0.3 is 0 Å². The predicted octanol–water partition coefficient (Wildman–Crippen LogP) is 3.57. The van der Waals surface area contributed by atoms with Crippen molar-refractivity contribution in [3.63, 3.8) is 0 Å². The lowest BCUT2D eigenvalue weighted by Gasteiger charge is -1.97. The van der Waals surface area contributed by atoms with Crippen LogP contribution in [0.2, 0.25) is 0 Å². The fourth-order valence-electron chi connectivity index (χ4n) is 1.25. The highest BCUT2D eigenvalue weighted by molar-refractivity contribution is 7.98. The Bertz CT molecular complexity index is 470. The van der Waals surface area contributed by atoms with E-state index >= 15 is 0 Å². The molecule has 0 atom stereocenters. The van der Waals surface area contributed by atoms with Gasteiger partial charge in [-0.25, -0.2) is 9.37 Å². The monoisotopic (exact) mass is 253 g/mol. The molecule has 0 amide bonds. The van der Waals surface area contributed by atoms with Gasteiger partial charge in [-0.2, -0.15) is 0 Å². The molecule has 0 aliphatic rings. The van der Waals surface area contributed by atoms with Crippen LogP contribution >= 0.6 is 11.8 Å². The summed E-state index contributed by atoms with van der Waals surface area (Å²) in [6.07, 6.45) is 1.63. The van der Waals surface area contributed by atoms with Crippen molar-refractivity contribution in [2.75, 3.05) is 12.5 Å². The molecule has 0 saturated heterocycles. The van der Waals surface area contributed by atoms with E-state index in [9.17, 15) is 4.39 Å². The van der Waals surface area contributed by atoms with Gasteiger partial charge in [0.15, 0.2) is 5.76 Å². The van der Waals surface area contributed by atoms with Gasteiger partial charge in [0.1, 0.15) is 11.8 Å². The summed E-state index contributed by atoms with van der Waals surface area (Å²) in [7, 11) is 0. The van der Waals surface area contributed by atoms with Crippen LogP contribution in [0.15, 0.2) is 40.1 Å². The summed E-state index contributed by atoms with van der Waals surface area (Å²) in [5, 5.41) is 0.553. The number of oxazole rings is 1. The third-order valence-corrected chi connectivity index (χ3v) is 2.80. The second-order valence-corrected chi connectivity index (χ2v) is 4.13. The molecular weight excluding hydrogens is 241 g/mol. The van der Waals surface area contributed by atoms with E-state index < -0.39 is 0 Å². The predicted molar refractivity (Wildman–Crippen MR) is 64.2 cm³/mol. The summed E-state index contributed by atoms with van der Waals surface area (Å²) in [4.78, 5) is 4.11. The van der Waals surface area contributed by atoms with Crippen molar-refractivity contribution in [1.82, 2.24) is 4.98 Å². The number of hydrogen-bond acceptors (Lipinski definition) is 4. The molecule has 0 aliphatic carbocycles. The first-order valence-electron chi connectivity index (χ1n) is 5.22. The minimum absolute atomic E-state index is 0.265. The van der Waals surface area contributed by atoms with Gasteiger partial charge in [0.05, 0.1) is 6.20 Å². The van der Waals surface area contributed by atoms with Crippen LogP contribution in [0.4, 0.5) is 4.39 Å². The van der Waals surface area contributed by atoms with Crippen LogP contribution in [0.5, 0.6) is 0 Å². The molecule has 5 heteroatoms. The molecule has 0 spiro atoms. The van der Waals surface area contributed by atoms with Crippen molar-refractivity contribution in [1.29, 1.82) is 0 Å². The molecule has 1 aromatic heterocycles. The van der Waals surface area contributed by atoms with Gasteiger partial charge in [-0.1, -0.05) is 0 Å². The Hall–Kier alpha value is -1.33. The van der Waals surface area contributed by atoms with Crippen LogP contribution < -0.4 is 0 Å². The number of ether oxygens (including phenoxy) is 1. The van der Waals surface area contributed by atoms with Gasteiger partial charge in [0.2, 0.25) is 0 Å². The van der Waals surface area contributed by atoms with Crippen molar-refractivity contribution in [3.8, 4) is 11.3 Å². The van der Waals surface area contributed by atoms with E-state index in [2.05, 4.69) is 4.98 Å². The van der Waals surface area contributed by atoms with Crippen LogP contribution in [0.3, 0.4) is 0 Å². The maximum atomic E-state index is 12.7. The summed E-state index contributed by atoms with van der Waals surface area (Å²) in [6, 6.07) is 6.11. The summed E-state index contributed by atoms with van der Waals surface area (Å²) in [6.45, 7) is 2.60. The van der Waals surface area contributed by atoms with E-state index in [0.717, 1.165) is 5.56 Å². The average molecular weight is 253 g/mol. The number of halogens is 1. The van der Waals surface area contributed by atoms with Gasteiger partial charge in [-0.05, 0) is 43.0 Å². The number of nitrogens with zero attached hydrogens (tertiary/aromatic N) is 1. The average Bonchev–Trinajstić information content (AvgIpc) is 2.79. The van der Waals surface area contributed by atoms with Crippen LogP contribution in [-0.4, -0.2) is 17.5 Å². The zero-order chi connectivity index (χ0) is 12.1. The molecule has 0 saturated carbocycles. The summed E-state index contributed by atoms with van der Waals surface area (Å²) >= 11 is 1.39. The van der Waals surface area contributed by atoms with E-state index in [1.807, 2.05) is 6.92 Å².